The van der Waals surface area contributed by atoms with Crippen molar-refractivity contribution in [3.8, 4) is 0 Å². The highest BCUT2D eigenvalue weighted by Crippen LogP contribution is 2.58. The summed E-state index contributed by atoms with van der Waals surface area (Å²) in [4.78, 5) is 10.6. The van der Waals surface area contributed by atoms with Crippen LogP contribution in [0.4, 0.5) is 0 Å². The lowest BCUT2D eigenvalue weighted by molar-refractivity contribution is -0.0000347. The monoisotopic (exact) mass is 1990 g/mol. The fraction of sp³-hybridized carbons (Fsp3) is 0.246. The maximum atomic E-state index is 10.6. The number of hydrogen-bond donors (Lipinski definition) is 0. The Morgan fingerprint density at radius 3 is 0.503 bits per heavy atom. The van der Waals surface area contributed by atoms with E-state index in [4.69, 9.17) is 0 Å². The molecule has 15 rings (SSSR count). The average Bonchev–Trinajstić information content (AvgIpc) is 0.749. The first-order chi connectivity index (χ1) is 70.1. The van der Waals surface area contributed by atoms with E-state index < -0.39 is 7.26 Å². The minimum absolute atomic E-state index is 0. The lowest BCUT2D eigenvalue weighted by Crippen LogP contribution is -3.00. The topological polar surface area (TPSA) is 17.1 Å². The molecule has 0 radical (unpaired) electrons. The Balaban J connectivity index is 0.000000201. The molecule has 0 N–H and O–H groups in total. The van der Waals surface area contributed by atoms with E-state index >= 15 is 0 Å². The van der Waals surface area contributed by atoms with Gasteiger partial charge in [-0.15, -0.1) is 0 Å². The zero-order valence-electron chi connectivity index (χ0n) is 87.2. The van der Waals surface area contributed by atoms with Gasteiger partial charge < -0.3 is 17.0 Å². The third-order valence-corrected chi connectivity index (χ3v) is 30.5. The van der Waals surface area contributed by atoms with Gasteiger partial charge in [-0.2, -0.15) is 0 Å². The fourth-order valence-corrected chi connectivity index (χ4v) is 22.0. The van der Waals surface area contributed by atoms with Gasteiger partial charge in [0, 0.05) is 5.56 Å². The third kappa shape index (κ3) is 41.5. The second-order valence-corrected chi connectivity index (χ2v) is 43.1. The van der Waals surface area contributed by atoms with E-state index in [0.29, 0.717) is 23.3 Å². The summed E-state index contributed by atoms with van der Waals surface area (Å²) in [5.74, 6) is 2.06. The maximum absolute atomic E-state index is 10.6. The molecule has 15 aromatic rings. The molecule has 0 unspecified atom stereocenters. The van der Waals surface area contributed by atoms with Gasteiger partial charge in [-0.05, 0) is 240 Å². The first kappa shape index (κ1) is 114. The van der Waals surface area contributed by atoms with E-state index in [-0.39, 0.29) is 24.4 Å². The van der Waals surface area contributed by atoms with E-state index in [9.17, 15) is 4.79 Å². The van der Waals surface area contributed by atoms with Crippen LogP contribution in [0.3, 0.4) is 0 Å². The van der Waals surface area contributed by atoms with Gasteiger partial charge in [-0.1, -0.05) is 590 Å². The minimum Gasteiger partial charge on any atom is -1.00 e. The lowest BCUT2D eigenvalue weighted by atomic mass is 10.0. The van der Waals surface area contributed by atoms with Crippen LogP contribution < -0.4 is 32.9 Å². The van der Waals surface area contributed by atoms with Crippen molar-refractivity contribution in [1.82, 2.24) is 0 Å². The quantitative estimate of drug-likeness (QED) is 0.0161. The van der Waals surface area contributed by atoms with Crippen LogP contribution in [-0.2, 0) is 44.7 Å². The van der Waals surface area contributed by atoms with Gasteiger partial charge in [0.25, 0.3) is 0 Å². The third-order valence-electron chi connectivity index (χ3n) is 26.1. The van der Waals surface area contributed by atoms with Crippen LogP contribution in [0.25, 0.3) is 97.2 Å². The predicted molar refractivity (Wildman–Crippen MR) is 643 cm³/mol. The van der Waals surface area contributed by atoms with Gasteiger partial charge in [0.1, 0.15) is 29.5 Å². The van der Waals surface area contributed by atoms with Crippen LogP contribution in [0.15, 0.2) is 382 Å². The molecule has 744 valence electrons. The number of unbranched alkanes of at least 4 members (excludes halogenated alkanes) is 12. The highest BCUT2D eigenvalue weighted by molar-refractivity contribution is 7.95. The molecular formula is C142H158BrOP. The number of hydrogen-bond acceptors (Lipinski definition) is 1. The molecule has 0 aliphatic carbocycles. The molecule has 15 aromatic carbocycles. The Bertz CT molecular complexity index is 6040. The summed E-state index contributed by atoms with van der Waals surface area (Å²) in [6.45, 7) is 20.4. The van der Waals surface area contributed by atoms with Crippen molar-refractivity contribution < 1.29 is 21.8 Å². The van der Waals surface area contributed by atoms with Crippen LogP contribution in [0.2, 0.25) is 0 Å². The smallest absolute Gasteiger partial charge is 0.150 e. The highest BCUT2D eigenvalue weighted by atomic mass is 79.9. The Labute approximate surface area is 885 Å². The predicted octanol–water partition coefficient (Wildman–Crippen LogP) is 36.2. The Kier molecular flexibility index (Phi) is 50.6. The van der Waals surface area contributed by atoms with Crippen LogP contribution in [0, 0.1) is 17.8 Å². The molecule has 145 heavy (non-hydrogen) atoms. The normalized spacial score (nSPS) is 11.6. The van der Waals surface area contributed by atoms with Crippen LogP contribution >= 0.6 is 7.26 Å². The van der Waals surface area contributed by atoms with Crippen molar-refractivity contribution in [2.75, 3.05) is 0 Å². The molecule has 0 saturated carbocycles. The summed E-state index contributed by atoms with van der Waals surface area (Å²) < 4.78 is 0. The Morgan fingerprint density at radius 1 is 0.186 bits per heavy atom. The van der Waals surface area contributed by atoms with E-state index in [1.807, 2.05) is 24.3 Å². The van der Waals surface area contributed by atoms with E-state index in [1.54, 1.807) is 0 Å². The molecule has 1 nitrogen and oxygen atoms in total. The second kappa shape index (κ2) is 64.5. The summed E-state index contributed by atoms with van der Waals surface area (Å²) in [5, 5.41) is 4.26. The number of aryl methyl sites for hydroxylation is 3. The SMILES string of the molecule is C.CC(C)Cc1ccc(C=Cc2ccc(C[P+](c3ccccc3)(c3ccccc3)c3ccccc3)cc2)cc1.CCCCCCCc1ccc(C=Cc2ccc(C=Cc3ccc(C=Cc4ccc(CC(C)C)cc4)cc3)cc2)cc1.CCCCCCCc1ccc(C=Cc2ccc(C=Cc3ccc(C=Cc4ccc(CC(C)C)cc4)cc3)cc2)cc1.CCCCCCCc1ccc(C=Cc2ccc(C=O)cc2)cc1.[Br-]. The van der Waals surface area contributed by atoms with Gasteiger partial charge in [0.2, 0.25) is 0 Å². The van der Waals surface area contributed by atoms with Gasteiger partial charge >= 0.3 is 0 Å². The summed E-state index contributed by atoms with van der Waals surface area (Å²) >= 11 is 0. The number of rotatable bonds is 46. The molecule has 0 saturated heterocycles. The fourth-order valence-electron chi connectivity index (χ4n) is 17.8. The van der Waals surface area contributed by atoms with Crippen molar-refractivity contribution in [1.29, 1.82) is 0 Å². The van der Waals surface area contributed by atoms with Gasteiger partial charge in [-0.3, -0.25) is 4.79 Å². The van der Waals surface area contributed by atoms with E-state index in [0.717, 1.165) is 37.3 Å². The first-order valence-corrected chi connectivity index (χ1v) is 55.1. The molecule has 0 spiro atoms. The van der Waals surface area contributed by atoms with Gasteiger partial charge in [0.15, 0.2) is 0 Å². The number of aldehydes is 1. The van der Waals surface area contributed by atoms with Crippen molar-refractivity contribution in [2.45, 2.75) is 211 Å². The summed E-state index contributed by atoms with van der Waals surface area (Å²) in [7, 11) is -1.89. The van der Waals surface area contributed by atoms with Crippen molar-refractivity contribution in [3.63, 3.8) is 0 Å². The van der Waals surface area contributed by atoms with Crippen LogP contribution in [0.5, 0.6) is 0 Å². The molecule has 3 heteroatoms. The standard InChI is InChI=1S/2C41H46.C37H36P.C22H26O.CH4.BrH/c2*1-4-5-6-7-8-9-34-10-12-35(13-11-34)14-15-36-16-18-37(19-17-36)20-21-38-22-24-39(25-23-38)26-27-40-28-30-41(31-29-40)32-33(2)3;1-30(2)28-33-24-20-31(21-25-33)18-19-32-22-26-34(27-23-32)29-38(35-12-6-3-7-13-35,36-14-8-4-9-15-36)37-16-10-5-11-17-37;1-2-3-4-5-6-7-19-8-10-20(11-9-19)12-13-21-14-16-22(18-23)17-15-21;;/h2*10-31,33H,4-9,32H2,1-3H3;3-27,30H,28-29H2,1-2H3;8-18H,2-7H2,1H3;1H4;1H/q;;+1;;;/p-1. The first-order valence-electron chi connectivity index (χ1n) is 53.2. The zero-order valence-corrected chi connectivity index (χ0v) is 89.7. The zero-order chi connectivity index (χ0) is 99.9. The summed E-state index contributed by atoms with van der Waals surface area (Å²) in [5.41, 5.74) is 30.0. The van der Waals surface area contributed by atoms with Crippen LogP contribution in [0.1, 0.15) is 304 Å². The molecule has 0 aliphatic heterocycles. The molecule has 0 atom stereocenters. The molecule has 0 heterocycles. The molecular weight excluding hydrogens is 1830 g/mol. The summed E-state index contributed by atoms with van der Waals surface area (Å²) in [6.07, 6.45) is 63.7. The summed E-state index contributed by atoms with van der Waals surface area (Å²) in [6, 6.07) is 139. The van der Waals surface area contributed by atoms with Crippen molar-refractivity contribution in [3.05, 3.63) is 516 Å². The van der Waals surface area contributed by atoms with Gasteiger partial charge in [-0.25, -0.2) is 0 Å². The number of benzene rings is 15. The van der Waals surface area contributed by atoms with Crippen LogP contribution in [-0.4, -0.2) is 6.29 Å². The Morgan fingerprint density at radius 2 is 0.338 bits per heavy atom. The number of halogens is 1. The second-order valence-electron chi connectivity index (χ2n) is 39.6. The largest absolute Gasteiger partial charge is 1.00 e. The molecule has 0 fully saturated rings. The lowest BCUT2D eigenvalue weighted by Gasteiger charge is -2.28. The van der Waals surface area contributed by atoms with E-state index in [2.05, 4.69) is 517 Å². The van der Waals surface area contributed by atoms with Crippen molar-refractivity contribution in [2.24, 2.45) is 17.8 Å². The minimum atomic E-state index is -1.89. The molecule has 0 aromatic heterocycles. The van der Waals surface area contributed by atoms with Gasteiger partial charge in [0.05, 0.1) is 6.16 Å². The Hall–Kier alpha value is -13.2. The van der Waals surface area contributed by atoms with E-state index in [1.165, 1.54) is 254 Å². The molecule has 0 amide bonds. The highest BCUT2D eigenvalue weighted by Gasteiger charge is 2.45. The average molecular weight is 1990 g/mol. The van der Waals surface area contributed by atoms with Crippen molar-refractivity contribution >= 4 is 127 Å². The number of carbonyl (C=O) groups is 1. The molecule has 0 bridgehead atoms. The number of carbonyl (C=O) groups excluding carboxylic acids is 1. The maximum Gasteiger partial charge on any atom is 0.150 e. The molecule has 0 aliphatic rings.